The Hall–Kier alpha value is -1.84. The highest BCUT2D eigenvalue weighted by Crippen LogP contribution is 2.33. The molecule has 1 atom stereocenters. The fourth-order valence-electron chi connectivity index (χ4n) is 3.22. The average Bonchev–Trinajstić information content (AvgIpc) is 3.08. The lowest BCUT2D eigenvalue weighted by Crippen LogP contribution is -2.54. The minimum atomic E-state index is -3.86. The number of amides is 1. The summed E-state index contributed by atoms with van der Waals surface area (Å²) < 4.78 is 38.9. The lowest BCUT2D eigenvalue weighted by molar-refractivity contribution is -0.135. The molecule has 1 amide bonds. The Kier molecular flexibility index (Phi) is 5.92. The van der Waals surface area contributed by atoms with Crippen molar-refractivity contribution in [2.45, 2.75) is 31.2 Å². The fourth-order valence-corrected chi connectivity index (χ4v) is 4.43. The van der Waals surface area contributed by atoms with E-state index >= 15 is 0 Å². The van der Waals surface area contributed by atoms with Gasteiger partial charge in [0.05, 0.1) is 4.90 Å². The molecule has 0 unspecified atom stereocenters. The third kappa shape index (κ3) is 4.72. The largest absolute Gasteiger partial charge is 0.454 e. The Bertz CT molecular complexity index is 788. The van der Waals surface area contributed by atoms with E-state index in [4.69, 9.17) is 9.47 Å². The molecule has 1 N–H and O–H groups in total. The van der Waals surface area contributed by atoms with Gasteiger partial charge in [-0.15, -0.1) is 0 Å². The molecular formula is C18H27N3O5S. The van der Waals surface area contributed by atoms with E-state index in [1.807, 2.05) is 20.9 Å². The molecule has 0 aliphatic carbocycles. The summed E-state index contributed by atoms with van der Waals surface area (Å²) in [4.78, 5) is 16.9. The SMILES string of the molecule is CC(C)C[C@@H](NS(=O)(=O)c1ccc2c(c1)OCO2)C(=O)N1CCN(C)CC1. The molecule has 1 saturated heterocycles. The van der Waals surface area contributed by atoms with Crippen LogP contribution in [-0.2, 0) is 14.8 Å². The highest BCUT2D eigenvalue weighted by Gasteiger charge is 2.31. The lowest BCUT2D eigenvalue weighted by atomic mass is 10.0. The summed E-state index contributed by atoms with van der Waals surface area (Å²) in [6.45, 7) is 6.80. The summed E-state index contributed by atoms with van der Waals surface area (Å²) in [5.74, 6) is 0.914. The van der Waals surface area contributed by atoms with Crippen molar-refractivity contribution >= 4 is 15.9 Å². The molecular weight excluding hydrogens is 370 g/mol. The molecule has 2 heterocycles. The molecule has 9 heteroatoms. The van der Waals surface area contributed by atoms with Gasteiger partial charge in [0, 0.05) is 32.2 Å². The topological polar surface area (TPSA) is 88.2 Å². The first-order chi connectivity index (χ1) is 12.8. The molecule has 0 bridgehead atoms. The van der Waals surface area contributed by atoms with Gasteiger partial charge in [-0.25, -0.2) is 8.42 Å². The van der Waals surface area contributed by atoms with Crippen LogP contribution in [0.5, 0.6) is 11.5 Å². The molecule has 0 spiro atoms. The first-order valence-electron chi connectivity index (χ1n) is 9.15. The molecule has 1 fully saturated rings. The second-order valence-corrected chi connectivity index (χ2v) is 9.16. The minimum absolute atomic E-state index is 0.0617. The molecule has 0 aromatic heterocycles. The summed E-state index contributed by atoms with van der Waals surface area (Å²) in [5, 5.41) is 0. The van der Waals surface area contributed by atoms with Crippen molar-refractivity contribution in [1.29, 1.82) is 0 Å². The predicted octanol–water partition coefficient (Wildman–Crippen LogP) is 0.882. The highest BCUT2D eigenvalue weighted by atomic mass is 32.2. The van der Waals surface area contributed by atoms with Crippen LogP contribution in [0.1, 0.15) is 20.3 Å². The van der Waals surface area contributed by atoms with Gasteiger partial charge >= 0.3 is 0 Å². The van der Waals surface area contributed by atoms with Gasteiger partial charge in [-0.1, -0.05) is 13.8 Å². The molecule has 1 aromatic rings. The summed E-state index contributed by atoms with van der Waals surface area (Å²) in [6, 6.07) is 3.67. The van der Waals surface area contributed by atoms with E-state index in [1.165, 1.54) is 12.1 Å². The number of sulfonamides is 1. The van der Waals surface area contributed by atoms with E-state index in [-0.39, 0.29) is 23.5 Å². The quantitative estimate of drug-likeness (QED) is 0.767. The van der Waals surface area contributed by atoms with Crippen LogP contribution in [0, 0.1) is 5.92 Å². The number of rotatable bonds is 6. The van der Waals surface area contributed by atoms with Crippen LogP contribution in [0.15, 0.2) is 23.1 Å². The normalized spacial score (nSPS) is 18.7. The average molecular weight is 397 g/mol. The third-order valence-corrected chi connectivity index (χ3v) is 6.24. The van der Waals surface area contributed by atoms with Crippen molar-refractivity contribution in [1.82, 2.24) is 14.5 Å². The monoisotopic (exact) mass is 397 g/mol. The zero-order chi connectivity index (χ0) is 19.6. The van der Waals surface area contributed by atoms with E-state index in [0.29, 0.717) is 31.0 Å². The van der Waals surface area contributed by atoms with Crippen LogP contribution < -0.4 is 14.2 Å². The Balaban J connectivity index is 1.77. The Morgan fingerprint density at radius 1 is 1.15 bits per heavy atom. The number of piperazine rings is 1. The second kappa shape index (κ2) is 8.04. The van der Waals surface area contributed by atoms with Crippen molar-refractivity contribution in [3.05, 3.63) is 18.2 Å². The van der Waals surface area contributed by atoms with Crippen LogP contribution in [-0.4, -0.2) is 70.2 Å². The molecule has 0 radical (unpaired) electrons. The molecule has 2 aliphatic heterocycles. The Morgan fingerprint density at radius 2 is 1.81 bits per heavy atom. The lowest BCUT2D eigenvalue weighted by Gasteiger charge is -2.35. The fraction of sp³-hybridized carbons (Fsp3) is 0.611. The number of hydrogen-bond donors (Lipinski definition) is 1. The number of benzene rings is 1. The van der Waals surface area contributed by atoms with Crippen LogP contribution in [0.3, 0.4) is 0 Å². The number of hydrogen-bond acceptors (Lipinski definition) is 6. The van der Waals surface area contributed by atoms with Crippen LogP contribution in [0.25, 0.3) is 0 Å². The molecule has 3 rings (SSSR count). The van der Waals surface area contributed by atoms with Crippen LogP contribution >= 0.6 is 0 Å². The summed E-state index contributed by atoms with van der Waals surface area (Å²) >= 11 is 0. The van der Waals surface area contributed by atoms with E-state index in [9.17, 15) is 13.2 Å². The number of nitrogens with zero attached hydrogens (tertiary/aromatic N) is 2. The van der Waals surface area contributed by atoms with Gasteiger partial charge in [0.2, 0.25) is 22.7 Å². The maximum Gasteiger partial charge on any atom is 0.241 e. The molecule has 1 aromatic carbocycles. The highest BCUT2D eigenvalue weighted by molar-refractivity contribution is 7.89. The number of ether oxygens (including phenoxy) is 2. The smallest absolute Gasteiger partial charge is 0.241 e. The molecule has 0 saturated carbocycles. The van der Waals surface area contributed by atoms with E-state index in [2.05, 4.69) is 9.62 Å². The Morgan fingerprint density at radius 3 is 2.48 bits per heavy atom. The summed E-state index contributed by atoms with van der Waals surface area (Å²) in [6.07, 6.45) is 0.439. The van der Waals surface area contributed by atoms with Crippen molar-refractivity contribution in [3.63, 3.8) is 0 Å². The van der Waals surface area contributed by atoms with Crippen LogP contribution in [0.4, 0.5) is 0 Å². The van der Waals surface area contributed by atoms with Crippen molar-refractivity contribution in [3.8, 4) is 11.5 Å². The summed E-state index contributed by atoms with van der Waals surface area (Å²) in [5.41, 5.74) is 0. The van der Waals surface area contributed by atoms with E-state index in [1.54, 1.807) is 11.0 Å². The predicted molar refractivity (Wildman–Crippen MR) is 100 cm³/mol. The first kappa shape index (κ1) is 19.9. The molecule has 2 aliphatic rings. The van der Waals surface area contributed by atoms with Gasteiger partial charge < -0.3 is 19.3 Å². The number of fused-ring (bicyclic) bond motifs is 1. The number of carbonyl (C=O) groups excluding carboxylic acids is 1. The zero-order valence-corrected chi connectivity index (χ0v) is 16.8. The Labute approximate surface area is 160 Å². The van der Waals surface area contributed by atoms with Gasteiger partial charge in [0.25, 0.3) is 0 Å². The van der Waals surface area contributed by atoms with Gasteiger partial charge in [0.15, 0.2) is 11.5 Å². The van der Waals surface area contributed by atoms with E-state index in [0.717, 1.165) is 13.1 Å². The maximum absolute atomic E-state index is 13.0. The molecule has 27 heavy (non-hydrogen) atoms. The standard InChI is InChI=1S/C18H27N3O5S/c1-13(2)10-15(18(22)21-8-6-20(3)7-9-21)19-27(23,24)14-4-5-16-17(11-14)26-12-25-16/h4-5,11,13,15,19H,6-10,12H2,1-3H3/t15-/m1/s1. The van der Waals surface area contributed by atoms with Crippen molar-refractivity contribution in [2.24, 2.45) is 5.92 Å². The van der Waals surface area contributed by atoms with Crippen LogP contribution in [0.2, 0.25) is 0 Å². The molecule has 150 valence electrons. The molecule has 8 nitrogen and oxygen atoms in total. The van der Waals surface area contributed by atoms with Crippen molar-refractivity contribution < 1.29 is 22.7 Å². The van der Waals surface area contributed by atoms with Gasteiger partial charge in [-0.2, -0.15) is 4.72 Å². The number of likely N-dealkylation sites (N-methyl/N-ethyl adjacent to an activating group) is 1. The summed E-state index contributed by atoms with van der Waals surface area (Å²) in [7, 11) is -1.85. The van der Waals surface area contributed by atoms with Gasteiger partial charge in [-0.3, -0.25) is 4.79 Å². The number of carbonyl (C=O) groups is 1. The van der Waals surface area contributed by atoms with Gasteiger partial charge in [0.1, 0.15) is 6.04 Å². The van der Waals surface area contributed by atoms with Crippen molar-refractivity contribution in [2.75, 3.05) is 40.0 Å². The zero-order valence-electron chi connectivity index (χ0n) is 16.0. The first-order valence-corrected chi connectivity index (χ1v) is 10.6. The minimum Gasteiger partial charge on any atom is -0.454 e. The maximum atomic E-state index is 13.0. The number of nitrogens with one attached hydrogen (secondary N) is 1. The second-order valence-electron chi connectivity index (χ2n) is 7.45. The third-order valence-electron chi connectivity index (χ3n) is 4.77. The van der Waals surface area contributed by atoms with E-state index < -0.39 is 16.1 Å². The van der Waals surface area contributed by atoms with Gasteiger partial charge in [-0.05, 0) is 31.5 Å².